The van der Waals surface area contributed by atoms with Gasteiger partial charge in [-0.3, -0.25) is 4.79 Å². The van der Waals surface area contributed by atoms with E-state index >= 15 is 0 Å². The second-order valence-corrected chi connectivity index (χ2v) is 17.9. The van der Waals surface area contributed by atoms with Gasteiger partial charge in [0.2, 0.25) is 6.29 Å². The molecule has 10 nitrogen and oxygen atoms in total. The van der Waals surface area contributed by atoms with Gasteiger partial charge in [0.25, 0.3) is 0 Å². The molecule has 0 aromatic carbocycles. The maximum absolute atomic E-state index is 14.4. The molecule has 6 aliphatic rings. The van der Waals surface area contributed by atoms with Crippen LogP contribution in [0.3, 0.4) is 0 Å². The van der Waals surface area contributed by atoms with Crippen LogP contribution in [-0.2, 0) is 14.3 Å². The second kappa shape index (κ2) is 11.2. The van der Waals surface area contributed by atoms with Crippen LogP contribution >= 0.6 is 0 Å². The molecule has 46 heavy (non-hydrogen) atoms. The Morgan fingerprint density at radius 1 is 0.870 bits per heavy atom. The van der Waals surface area contributed by atoms with Crippen LogP contribution in [0.4, 0.5) is 0 Å². The fraction of sp³-hybridized carbons (Fsp3) is 0.917. The van der Waals surface area contributed by atoms with Gasteiger partial charge in [-0.05, 0) is 97.2 Å². The molecular weight excluding hydrogens is 592 g/mol. The molecule has 7 N–H and O–H groups in total. The average molecular weight is 651 g/mol. The Kier molecular flexibility index (Phi) is 8.46. The summed E-state index contributed by atoms with van der Waals surface area (Å²) in [5, 5.41) is 74.4. The summed E-state index contributed by atoms with van der Waals surface area (Å²) in [5.41, 5.74) is -1.20. The van der Waals surface area contributed by atoms with Crippen molar-refractivity contribution in [1.82, 2.24) is 0 Å². The van der Waals surface area contributed by atoms with Gasteiger partial charge in [0.15, 0.2) is 0 Å². The van der Waals surface area contributed by atoms with Crippen molar-refractivity contribution in [2.24, 2.45) is 50.2 Å². The van der Waals surface area contributed by atoms with E-state index in [9.17, 15) is 40.5 Å². The van der Waals surface area contributed by atoms with E-state index in [1.807, 2.05) is 13.8 Å². The van der Waals surface area contributed by atoms with Crippen LogP contribution < -0.4 is 0 Å². The van der Waals surface area contributed by atoms with E-state index in [1.54, 1.807) is 0 Å². The number of hydrogen-bond donors (Lipinski definition) is 7. The third kappa shape index (κ3) is 4.60. The Hall–Kier alpha value is -1.11. The number of carbonyl (C=O) groups is 1. The van der Waals surface area contributed by atoms with Crippen molar-refractivity contribution in [3.05, 3.63) is 11.6 Å². The highest BCUT2D eigenvalue weighted by Gasteiger charge is 2.71. The summed E-state index contributed by atoms with van der Waals surface area (Å²) in [5.74, 6) is -0.452. The van der Waals surface area contributed by atoms with Gasteiger partial charge in [0.05, 0.1) is 24.2 Å². The minimum Gasteiger partial charge on any atom is -0.432 e. The van der Waals surface area contributed by atoms with Crippen LogP contribution in [-0.4, -0.2) is 97.8 Å². The number of rotatable bonds is 4. The van der Waals surface area contributed by atoms with Crippen LogP contribution in [0, 0.1) is 50.2 Å². The third-order valence-electron chi connectivity index (χ3n) is 15.1. The number of fused-ring (bicyclic) bond motifs is 7. The van der Waals surface area contributed by atoms with Crippen molar-refractivity contribution in [1.29, 1.82) is 0 Å². The predicted molar refractivity (Wildman–Crippen MR) is 168 cm³/mol. The molecule has 0 spiro atoms. The number of allylic oxidation sites excluding steroid dienone is 2. The van der Waals surface area contributed by atoms with E-state index in [0.29, 0.717) is 25.7 Å². The summed E-state index contributed by atoms with van der Waals surface area (Å²) in [6, 6.07) is 0. The SMILES string of the molecule is CC1(C)CCC2(C(=O)OC3OC(CO)C(O)C(O)C3O)CCC3(C)C(=CCC4C5(CO)CC(O)C(O)C(C)(C)C5CCC43C)C2C1. The van der Waals surface area contributed by atoms with Crippen LogP contribution in [0.15, 0.2) is 11.6 Å². The lowest BCUT2D eigenvalue weighted by Crippen LogP contribution is -2.68. The van der Waals surface area contributed by atoms with Gasteiger partial charge in [0.1, 0.15) is 24.4 Å². The van der Waals surface area contributed by atoms with E-state index in [-0.39, 0.29) is 40.6 Å². The zero-order valence-corrected chi connectivity index (χ0v) is 28.5. The van der Waals surface area contributed by atoms with Crippen molar-refractivity contribution in [3.63, 3.8) is 0 Å². The maximum atomic E-state index is 14.4. The Labute approximate surface area is 273 Å². The first-order valence-electron chi connectivity index (χ1n) is 17.5. The molecule has 1 saturated heterocycles. The molecule has 14 atom stereocenters. The Bertz CT molecular complexity index is 1230. The van der Waals surface area contributed by atoms with Gasteiger partial charge in [-0.15, -0.1) is 0 Å². The quantitative estimate of drug-likeness (QED) is 0.177. The van der Waals surface area contributed by atoms with E-state index in [2.05, 4.69) is 33.8 Å². The highest BCUT2D eigenvalue weighted by Crippen LogP contribution is 2.75. The number of hydrogen-bond acceptors (Lipinski definition) is 10. The monoisotopic (exact) mass is 650 g/mol. The lowest BCUT2D eigenvalue weighted by Gasteiger charge is -2.71. The molecule has 0 radical (unpaired) electrons. The smallest absolute Gasteiger partial charge is 0.315 e. The normalized spacial score (nSPS) is 52.7. The van der Waals surface area contributed by atoms with Gasteiger partial charge in [-0.2, -0.15) is 0 Å². The predicted octanol–water partition coefficient (Wildman–Crippen LogP) is 2.44. The lowest BCUT2D eigenvalue weighted by atomic mass is 9.33. The minimum absolute atomic E-state index is 0.0218. The molecule has 4 saturated carbocycles. The standard InChI is InChI=1S/C36H58O10/c1-31(2)11-13-35(30(44)46-29-27(42)26(41)25(40)22(17-37)45-29)14-12-33(5)19(20(35)15-31)7-8-24-34(33,6)10-9-23-32(3,4)28(43)21(39)16-36(23,24)18-38/h7,20-29,37-43H,8-18H2,1-6H3. The van der Waals surface area contributed by atoms with Crippen molar-refractivity contribution < 1.29 is 50.0 Å². The lowest BCUT2D eigenvalue weighted by molar-refractivity contribution is -0.297. The van der Waals surface area contributed by atoms with Crippen molar-refractivity contribution in [2.45, 2.75) is 142 Å². The molecule has 262 valence electrons. The molecule has 5 fully saturated rings. The number of aliphatic hydroxyl groups is 7. The molecule has 1 heterocycles. The van der Waals surface area contributed by atoms with E-state index in [4.69, 9.17) is 9.47 Å². The summed E-state index contributed by atoms with van der Waals surface area (Å²) in [6.45, 7) is 12.6. The summed E-state index contributed by atoms with van der Waals surface area (Å²) in [4.78, 5) is 14.4. The van der Waals surface area contributed by atoms with Crippen molar-refractivity contribution in [3.8, 4) is 0 Å². The average Bonchev–Trinajstić information content (AvgIpc) is 3.00. The summed E-state index contributed by atoms with van der Waals surface area (Å²) < 4.78 is 11.5. The zero-order chi connectivity index (χ0) is 33.8. The fourth-order valence-electron chi connectivity index (χ4n) is 12.1. The first kappa shape index (κ1) is 34.7. The van der Waals surface area contributed by atoms with Gasteiger partial charge < -0.3 is 45.2 Å². The molecule has 10 heteroatoms. The maximum Gasteiger partial charge on any atom is 0.315 e. The summed E-state index contributed by atoms with van der Waals surface area (Å²) in [7, 11) is 0. The minimum atomic E-state index is -1.66. The first-order chi connectivity index (χ1) is 21.3. The van der Waals surface area contributed by atoms with Crippen LogP contribution in [0.25, 0.3) is 0 Å². The zero-order valence-electron chi connectivity index (χ0n) is 28.5. The number of aliphatic hydroxyl groups excluding tert-OH is 7. The third-order valence-corrected chi connectivity index (χ3v) is 15.1. The van der Waals surface area contributed by atoms with Gasteiger partial charge in [-0.1, -0.05) is 53.2 Å². The Morgan fingerprint density at radius 2 is 1.54 bits per heavy atom. The number of ether oxygens (including phenoxy) is 2. The molecule has 5 aliphatic carbocycles. The largest absolute Gasteiger partial charge is 0.432 e. The fourth-order valence-corrected chi connectivity index (χ4v) is 12.1. The van der Waals surface area contributed by atoms with E-state index in [1.165, 1.54) is 5.57 Å². The molecule has 0 amide bonds. The van der Waals surface area contributed by atoms with Crippen LogP contribution in [0.5, 0.6) is 0 Å². The number of carbonyl (C=O) groups excluding carboxylic acids is 1. The Morgan fingerprint density at radius 3 is 2.20 bits per heavy atom. The molecule has 6 rings (SSSR count). The molecule has 0 aromatic heterocycles. The molecule has 14 unspecified atom stereocenters. The molecule has 0 aromatic rings. The summed E-state index contributed by atoms with van der Waals surface area (Å²) >= 11 is 0. The van der Waals surface area contributed by atoms with Gasteiger partial charge in [0, 0.05) is 12.0 Å². The topological polar surface area (TPSA) is 177 Å². The van der Waals surface area contributed by atoms with E-state index < -0.39 is 71.7 Å². The van der Waals surface area contributed by atoms with E-state index in [0.717, 1.165) is 32.1 Å². The van der Waals surface area contributed by atoms with Gasteiger partial charge in [-0.25, -0.2) is 0 Å². The van der Waals surface area contributed by atoms with Crippen molar-refractivity contribution in [2.75, 3.05) is 13.2 Å². The molecule has 0 bridgehead atoms. The summed E-state index contributed by atoms with van der Waals surface area (Å²) in [6.07, 6.45) is -0.576. The van der Waals surface area contributed by atoms with Crippen LogP contribution in [0.1, 0.15) is 99.3 Å². The highest BCUT2D eigenvalue weighted by molar-refractivity contribution is 5.79. The molecule has 1 aliphatic heterocycles. The van der Waals surface area contributed by atoms with Crippen molar-refractivity contribution >= 4 is 5.97 Å². The second-order valence-electron chi connectivity index (χ2n) is 17.9. The first-order valence-corrected chi connectivity index (χ1v) is 17.5. The van der Waals surface area contributed by atoms with Crippen LogP contribution in [0.2, 0.25) is 0 Å². The number of esters is 1. The molecular formula is C36H58O10. The Balaban J connectivity index is 1.37. The van der Waals surface area contributed by atoms with Gasteiger partial charge >= 0.3 is 5.97 Å². The highest BCUT2D eigenvalue weighted by atomic mass is 16.7.